The fraction of sp³-hybridized carbons (Fsp3) is 0. The average molecular weight is 174 g/mol. The van der Waals surface area contributed by atoms with Gasteiger partial charge in [-0.25, -0.2) is 0 Å². The molecule has 0 unspecified atom stereocenters. The van der Waals surface area contributed by atoms with Crippen LogP contribution in [0.15, 0.2) is 0 Å². The van der Waals surface area contributed by atoms with Crippen molar-refractivity contribution in [2.45, 2.75) is 0 Å². The molecule has 0 aromatic rings. The van der Waals surface area contributed by atoms with Crippen molar-refractivity contribution in [1.29, 1.82) is 0 Å². The summed E-state index contributed by atoms with van der Waals surface area (Å²) in [5, 5.41) is 0. The normalized spacial score (nSPS) is 0. The molecule has 0 rings (SSSR count). The summed E-state index contributed by atoms with van der Waals surface area (Å²) < 4.78 is 0. The molecule has 0 radical (unpaired) electrons. The predicted octanol–water partition coefficient (Wildman–Crippen LogP) is -0.710. The fourth-order valence-corrected chi connectivity index (χ4v) is 0. The van der Waals surface area contributed by atoms with Crippen LogP contribution in [0.4, 0.5) is 0 Å². The van der Waals surface area contributed by atoms with E-state index in [1.807, 2.05) is 0 Å². The molecule has 0 aliphatic carbocycles. The van der Waals surface area contributed by atoms with Crippen LogP contribution in [0.25, 0.3) is 0 Å². The van der Waals surface area contributed by atoms with Gasteiger partial charge in [0.25, 0.3) is 0 Å². The summed E-state index contributed by atoms with van der Waals surface area (Å²) in [6.07, 6.45) is 0. The maximum absolute atomic E-state index is 0. The molecule has 0 spiro atoms. The molecule has 0 atom stereocenters. The second kappa shape index (κ2) is 219. The molecule has 0 aliphatic heterocycles. The second-order valence-corrected chi connectivity index (χ2v) is 0. The van der Waals surface area contributed by atoms with Crippen molar-refractivity contribution in [3.8, 4) is 0 Å². The van der Waals surface area contributed by atoms with E-state index in [0.29, 0.717) is 0 Å². The third kappa shape index (κ3) is 112. The van der Waals surface area contributed by atoms with Gasteiger partial charge >= 0.3 is 0 Å². The van der Waals surface area contributed by atoms with Crippen molar-refractivity contribution in [2.75, 3.05) is 0 Å². The molecule has 4 N–H and O–H groups in total. The minimum absolute atomic E-state index is 0. The smallest absolute Gasteiger partial charge is 0 e. The van der Waals surface area contributed by atoms with Crippen molar-refractivity contribution in [2.24, 2.45) is 0 Å². The molecule has 0 amide bonds. The van der Waals surface area contributed by atoms with Crippen LogP contribution in [0.2, 0.25) is 0 Å². The van der Waals surface area contributed by atoms with Crippen molar-refractivity contribution in [3.05, 3.63) is 0 Å². The Labute approximate surface area is 43.1 Å². The first-order valence-corrected chi connectivity index (χ1v) is 0. The van der Waals surface area contributed by atoms with Crippen molar-refractivity contribution in [1.82, 2.24) is 0 Å². The summed E-state index contributed by atoms with van der Waals surface area (Å²) in [6.45, 7) is 0. The third-order valence-electron chi connectivity index (χ3n) is 0. The van der Waals surface area contributed by atoms with E-state index in [9.17, 15) is 0 Å². The van der Waals surface area contributed by atoms with Gasteiger partial charge in [0.1, 0.15) is 0 Å². The van der Waals surface area contributed by atoms with Gasteiger partial charge in [-0.2, -0.15) is 0 Å². The molecular formula is H4O4Pd-4. The van der Waals surface area contributed by atoms with E-state index < -0.39 is 0 Å². The molecule has 0 saturated carbocycles. The first-order valence-electron chi connectivity index (χ1n) is 0. The van der Waals surface area contributed by atoms with Crippen LogP contribution >= 0.6 is 0 Å². The largest absolute Gasteiger partial charge is 0.870 e. The predicted molar refractivity (Wildman–Crippen MR) is 7.74 cm³/mol. The standard InChI is InChI=1S/4H2O.Pd/h4*1H2;/p-4. The second-order valence-electron chi connectivity index (χ2n) is 0. The third-order valence-corrected chi connectivity index (χ3v) is 0. The van der Waals surface area contributed by atoms with Crippen LogP contribution in [0.5, 0.6) is 0 Å². The van der Waals surface area contributed by atoms with Gasteiger partial charge in [-0.3, -0.25) is 0 Å². The zero-order chi connectivity index (χ0) is 0. The van der Waals surface area contributed by atoms with Crippen LogP contribution in [-0.4, -0.2) is 21.9 Å². The molecule has 0 aliphatic rings. The molecule has 5 heteroatoms. The molecule has 0 aromatic heterocycles. The summed E-state index contributed by atoms with van der Waals surface area (Å²) in [7, 11) is 0. The number of rotatable bonds is 0. The molecule has 0 fully saturated rings. The van der Waals surface area contributed by atoms with Gasteiger partial charge < -0.3 is 21.9 Å². The van der Waals surface area contributed by atoms with E-state index in [1.165, 1.54) is 0 Å². The first kappa shape index (κ1) is 442. The average Bonchev–Trinajstić information content (AvgIpc) is 0. The Morgan fingerprint density at radius 1 is 0.400 bits per heavy atom. The Morgan fingerprint density at radius 3 is 0.400 bits per heavy atom. The van der Waals surface area contributed by atoms with E-state index in [-0.39, 0.29) is 42.3 Å². The zero-order valence-corrected chi connectivity index (χ0v) is 3.66. The fourth-order valence-electron chi connectivity index (χ4n) is 0. The number of hydrogen-bond donors (Lipinski definition) is 0. The van der Waals surface area contributed by atoms with Crippen molar-refractivity contribution in [3.63, 3.8) is 0 Å². The monoisotopic (exact) mass is 174 g/mol. The number of hydrogen-bond acceptors (Lipinski definition) is 4. The van der Waals surface area contributed by atoms with Crippen molar-refractivity contribution < 1.29 is 42.3 Å². The Balaban J connectivity index is 0. The van der Waals surface area contributed by atoms with Crippen LogP contribution in [0.3, 0.4) is 0 Å². The van der Waals surface area contributed by atoms with Gasteiger partial charge in [0.05, 0.1) is 0 Å². The molecule has 4 nitrogen and oxygen atoms in total. The minimum Gasteiger partial charge on any atom is -0.870 e. The first-order chi connectivity index (χ1) is 0. The van der Waals surface area contributed by atoms with Gasteiger partial charge in [-0.05, 0) is 0 Å². The van der Waals surface area contributed by atoms with Crippen LogP contribution in [-0.2, 0) is 20.4 Å². The van der Waals surface area contributed by atoms with Gasteiger partial charge in [-0.1, -0.05) is 0 Å². The van der Waals surface area contributed by atoms with Gasteiger partial charge in [0.15, 0.2) is 0 Å². The molecule has 0 heterocycles. The Morgan fingerprint density at radius 2 is 0.400 bits per heavy atom. The molecule has 0 aromatic carbocycles. The molecular weight excluding hydrogens is 170 g/mol. The summed E-state index contributed by atoms with van der Waals surface area (Å²) in [4.78, 5) is 0. The van der Waals surface area contributed by atoms with Gasteiger partial charge in [-0.15, -0.1) is 0 Å². The quantitative estimate of drug-likeness (QED) is 0.450. The summed E-state index contributed by atoms with van der Waals surface area (Å²) in [6, 6.07) is 0. The van der Waals surface area contributed by atoms with Gasteiger partial charge in [0, 0.05) is 20.4 Å². The summed E-state index contributed by atoms with van der Waals surface area (Å²) in [5.41, 5.74) is 0. The van der Waals surface area contributed by atoms with E-state index >= 15 is 0 Å². The zero-order valence-electron chi connectivity index (χ0n) is 2.11. The minimum atomic E-state index is 0. The van der Waals surface area contributed by atoms with E-state index in [0.717, 1.165) is 0 Å². The van der Waals surface area contributed by atoms with Gasteiger partial charge in [0.2, 0.25) is 0 Å². The topological polar surface area (TPSA) is 120 Å². The van der Waals surface area contributed by atoms with E-state index in [4.69, 9.17) is 0 Å². The Kier molecular flexibility index (Phi) is 19300. The van der Waals surface area contributed by atoms with Crippen LogP contribution in [0, 0.1) is 0 Å². The SMILES string of the molecule is [OH-].[OH-].[OH-].[OH-].[Pd]. The summed E-state index contributed by atoms with van der Waals surface area (Å²) >= 11 is 0. The van der Waals surface area contributed by atoms with Crippen LogP contribution in [0.1, 0.15) is 0 Å². The molecule has 5 heavy (non-hydrogen) atoms. The van der Waals surface area contributed by atoms with E-state index in [1.54, 1.807) is 0 Å². The molecule has 42 valence electrons. The maximum Gasteiger partial charge on any atom is 0 e. The van der Waals surface area contributed by atoms with E-state index in [2.05, 4.69) is 0 Å². The summed E-state index contributed by atoms with van der Waals surface area (Å²) in [5.74, 6) is 0. The van der Waals surface area contributed by atoms with Crippen molar-refractivity contribution >= 4 is 0 Å². The maximum atomic E-state index is 0. The molecule has 0 saturated heterocycles. The Bertz CT molecular complexity index is 3.61. The Hall–Kier alpha value is 0.502. The van der Waals surface area contributed by atoms with Crippen LogP contribution < -0.4 is 0 Å². The molecule has 0 bridgehead atoms.